The summed E-state index contributed by atoms with van der Waals surface area (Å²) >= 11 is 10.9. The molecule has 0 saturated heterocycles. The average molecular weight is 434 g/mol. The highest BCUT2D eigenvalue weighted by molar-refractivity contribution is 9.11. The van der Waals surface area contributed by atoms with E-state index < -0.39 is 6.10 Å². The quantitative estimate of drug-likeness (QED) is 0.504. The van der Waals surface area contributed by atoms with Gasteiger partial charge in [-0.2, -0.15) is 0 Å². The highest BCUT2D eigenvalue weighted by atomic mass is 79.9. The second kappa shape index (κ2) is 8.06. The third kappa shape index (κ3) is 4.44. The van der Waals surface area contributed by atoms with Crippen LogP contribution in [0.15, 0.2) is 70.3 Å². The molecule has 1 aromatic carbocycles. The molecule has 3 nitrogen and oxygen atoms in total. The van der Waals surface area contributed by atoms with E-state index in [0.29, 0.717) is 16.2 Å². The minimum Gasteiger partial charge on any atom is -0.384 e. The number of aliphatic hydroxyl groups is 1. The summed E-state index contributed by atoms with van der Waals surface area (Å²) in [6.45, 7) is 0. The van der Waals surface area contributed by atoms with E-state index in [2.05, 4.69) is 20.9 Å². The molecule has 1 unspecified atom stereocenters. The molecular formula is C19H14BrClN2OS. The third-order valence-corrected chi connectivity index (χ3v) is 5.45. The van der Waals surface area contributed by atoms with Crippen molar-refractivity contribution in [3.05, 3.63) is 91.3 Å². The average Bonchev–Trinajstić information content (AvgIpc) is 3.06. The Morgan fingerprint density at radius 3 is 2.72 bits per heavy atom. The van der Waals surface area contributed by atoms with E-state index in [-0.39, 0.29) is 5.71 Å². The van der Waals surface area contributed by atoms with Crippen molar-refractivity contribution in [1.29, 1.82) is 5.41 Å². The fourth-order valence-corrected chi connectivity index (χ4v) is 3.93. The minimum absolute atomic E-state index is 0.270. The van der Waals surface area contributed by atoms with Crippen LogP contribution in [0.2, 0.25) is 5.02 Å². The summed E-state index contributed by atoms with van der Waals surface area (Å²) in [5.41, 5.74) is 2.22. The Labute approximate surface area is 163 Å². The van der Waals surface area contributed by atoms with Crippen molar-refractivity contribution in [2.45, 2.75) is 6.10 Å². The fraction of sp³-hybridized carbons (Fsp3) is 0.0526. The molecule has 0 spiro atoms. The first kappa shape index (κ1) is 18.0. The molecule has 0 saturated carbocycles. The van der Waals surface area contributed by atoms with Gasteiger partial charge in [0.2, 0.25) is 0 Å². The van der Waals surface area contributed by atoms with Gasteiger partial charge in [-0.15, -0.1) is 11.3 Å². The summed E-state index contributed by atoms with van der Waals surface area (Å²) in [7, 11) is 0. The number of aliphatic hydroxyl groups excluding tert-OH is 1. The lowest BCUT2D eigenvalue weighted by atomic mass is 9.95. The van der Waals surface area contributed by atoms with Gasteiger partial charge in [0.1, 0.15) is 6.10 Å². The van der Waals surface area contributed by atoms with Crippen LogP contribution in [0, 0.1) is 5.41 Å². The van der Waals surface area contributed by atoms with Crippen molar-refractivity contribution in [3.63, 3.8) is 0 Å². The number of benzene rings is 1. The lowest BCUT2D eigenvalue weighted by Gasteiger charge is -2.16. The zero-order valence-electron chi connectivity index (χ0n) is 13.0. The number of nitrogens with zero attached hydrogens (tertiary/aromatic N) is 1. The molecule has 0 aliphatic rings. The topological polar surface area (TPSA) is 57.0 Å². The first-order chi connectivity index (χ1) is 12.0. The van der Waals surface area contributed by atoms with Gasteiger partial charge in [0.15, 0.2) is 0 Å². The third-order valence-electron chi connectivity index (χ3n) is 3.57. The van der Waals surface area contributed by atoms with Crippen molar-refractivity contribution >= 4 is 50.7 Å². The zero-order valence-corrected chi connectivity index (χ0v) is 16.1. The fourth-order valence-electron chi connectivity index (χ4n) is 2.37. The molecule has 0 fully saturated rings. The number of hydrogen-bond acceptors (Lipinski definition) is 4. The molecule has 3 rings (SSSR count). The normalized spacial score (nSPS) is 12.8. The molecular weight excluding hydrogens is 420 g/mol. The molecule has 2 N–H and O–H groups in total. The Balaban J connectivity index is 2.06. The van der Waals surface area contributed by atoms with Crippen LogP contribution in [-0.2, 0) is 0 Å². The Kier molecular flexibility index (Phi) is 5.81. The molecule has 2 heterocycles. The van der Waals surface area contributed by atoms with Gasteiger partial charge in [-0.05, 0) is 57.9 Å². The number of halogens is 2. The minimum atomic E-state index is -0.957. The van der Waals surface area contributed by atoms with Gasteiger partial charge in [-0.1, -0.05) is 29.8 Å². The molecule has 0 aliphatic carbocycles. The monoisotopic (exact) mass is 432 g/mol. The largest absolute Gasteiger partial charge is 0.384 e. The van der Waals surface area contributed by atoms with Gasteiger partial charge in [0, 0.05) is 28.6 Å². The van der Waals surface area contributed by atoms with Crippen molar-refractivity contribution in [2.75, 3.05) is 0 Å². The van der Waals surface area contributed by atoms with E-state index in [1.807, 2.05) is 24.3 Å². The van der Waals surface area contributed by atoms with Crippen LogP contribution in [0.25, 0.3) is 6.08 Å². The van der Waals surface area contributed by atoms with Gasteiger partial charge >= 0.3 is 0 Å². The standard InChI is InChI=1S/C19H14BrClN2OS/c20-17-7-6-16(25-17)18(22)15(10-12-3-1-5-14(21)9-12)19(24)13-4-2-8-23-11-13/h1-11,19,22,24H. The Hall–Kier alpha value is -1.79. The van der Waals surface area contributed by atoms with Crippen LogP contribution in [0.1, 0.15) is 22.1 Å². The first-order valence-corrected chi connectivity index (χ1v) is 9.43. The Bertz CT molecular complexity index is 924. The number of nitrogens with one attached hydrogen (secondary N) is 1. The summed E-state index contributed by atoms with van der Waals surface area (Å²) in [6.07, 6.45) is 4.09. The van der Waals surface area contributed by atoms with Crippen molar-refractivity contribution in [2.24, 2.45) is 0 Å². The lowest BCUT2D eigenvalue weighted by molar-refractivity contribution is 0.222. The van der Waals surface area contributed by atoms with E-state index in [1.54, 1.807) is 42.7 Å². The van der Waals surface area contributed by atoms with Crippen LogP contribution in [0.3, 0.4) is 0 Å². The summed E-state index contributed by atoms with van der Waals surface area (Å²) < 4.78 is 0.935. The van der Waals surface area contributed by atoms with Gasteiger partial charge in [-0.25, -0.2) is 0 Å². The molecule has 0 radical (unpaired) electrons. The van der Waals surface area contributed by atoms with Crippen molar-refractivity contribution in [1.82, 2.24) is 4.98 Å². The van der Waals surface area contributed by atoms with Crippen molar-refractivity contribution in [3.8, 4) is 0 Å². The van der Waals surface area contributed by atoms with Crippen LogP contribution < -0.4 is 0 Å². The maximum absolute atomic E-state index is 10.9. The molecule has 6 heteroatoms. The summed E-state index contributed by atoms with van der Waals surface area (Å²) in [4.78, 5) is 4.83. The van der Waals surface area contributed by atoms with Crippen LogP contribution in [0.4, 0.5) is 0 Å². The van der Waals surface area contributed by atoms with Crippen LogP contribution >= 0.6 is 38.9 Å². The van der Waals surface area contributed by atoms with Gasteiger partial charge in [-0.3, -0.25) is 10.4 Å². The van der Waals surface area contributed by atoms with Gasteiger partial charge < -0.3 is 5.11 Å². The van der Waals surface area contributed by atoms with Gasteiger partial charge in [0.25, 0.3) is 0 Å². The molecule has 1 atom stereocenters. The highest BCUT2D eigenvalue weighted by Crippen LogP contribution is 2.31. The van der Waals surface area contributed by atoms with E-state index in [1.165, 1.54) is 11.3 Å². The maximum Gasteiger partial charge on any atom is 0.108 e. The summed E-state index contributed by atoms with van der Waals surface area (Å²) in [6, 6.07) is 14.6. The lowest BCUT2D eigenvalue weighted by Crippen LogP contribution is -2.11. The highest BCUT2D eigenvalue weighted by Gasteiger charge is 2.20. The Morgan fingerprint density at radius 1 is 1.24 bits per heavy atom. The van der Waals surface area contributed by atoms with E-state index in [0.717, 1.165) is 14.2 Å². The van der Waals surface area contributed by atoms with E-state index >= 15 is 0 Å². The molecule has 0 aliphatic heterocycles. The molecule has 0 bridgehead atoms. The smallest absolute Gasteiger partial charge is 0.108 e. The number of pyridine rings is 1. The number of aromatic nitrogens is 1. The second-order valence-electron chi connectivity index (χ2n) is 5.32. The molecule has 3 aromatic rings. The van der Waals surface area contributed by atoms with Crippen LogP contribution in [-0.4, -0.2) is 15.8 Å². The number of thiophene rings is 1. The zero-order chi connectivity index (χ0) is 17.8. The molecule has 126 valence electrons. The molecule has 0 amide bonds. The van der Waals surface area contributed by atoms with Crippen molar-refractivity contribution < 1.29 is 5.11 Å². The van der Waals surface area contributed by atoms with E-state index in [4.69, 9.17) is 17.0 Å². The number of hydrogen-bond donors (Lipinski definition) is 2. The van der Waals surface area contributed by atoms with Crippen LogP contribution in [0.5, 0.6) is 0 Å². The molecule has 2 aromatic heterocycles. The molecule has 25 heavy (non-hydrogen) atoms. The number of rotatable bonds is 5. The Morgan fingerprint density at radius 2 is 2.08 bits per heavy atom. The van der Waals surface area contributed by atoms with Gasteiger partial charge in [0.05, 0.1) is 14.4 Å². The summed E-state index contributed by atoms with van der Waals surface area (Å²) in [5, 5.41) is 20.1. The maximum atomic E-state index is 10.9. The second-order valence-corrected chi connectivity index (χ2v) is 8.22. The predicted molar refractivity (Wildman–Crippen MR) is 107 cm³/mol. The van der Waals surface area contributed by atoms with E-state index in [9.17, 15) is 5.11 Å². The predicted octanol–water partition coefficient (Wildman–Crippen LogP) is 5.74. The summed E-state index contributed by atoms with van der Waals surface area (Å²) in [5.74, 6) is 0. The first-order valence-electron chi connectivity index (χ1n) is 7.44. The SMILES string of the molecule is N=C(C(=Cc1cccc(Cl)c1)C(O)c1cccnc1)c1ccc(Br)s1.